The van der Waals surface area contributed by atoms with Crippen molar-refractivity contribution in [3.8, 4) is 0 Å². The zero-order chi connectivity index (χ0) is 22.0. The molecule has 0 bridgehead atoms. The quantitative estimate of drug-likeness (QED) is 0.473. The number of benzene rings is 1. The highest BCUT2D eigenvalue weighted by atomic mass is 16.5. The van der Waals surface area contributed by atoms with Crippen LogP contribution in [0.1, 0.15) is 37.6 Å². The molecule has 4 N–H and O–H groups in total. The Balaban J connectivity index is 3.17. The first-order valence-electron chi connectivity index (χ1n) is 9.00. The Morgan fingerprint density at radius 1 is 1.03 bits per heavy atom. The van der Waals surface area contributed by atoms with Crippen LogP contribution in [0.2, 0.25) is 0 Å². The normalized spacial score (nSPS) is 12.2. The molecule has 29 heavy (non-hydrogen) atoms. The van der Waals surface area contributed by atoms with Gasteiger partial charge in [-0.25, -0.2) is 0 Å². The maximum Gasteiger partial charge on any atom is 0.312 e. The number of carbonyl (C=O) groups is 5. The number of esters is 2. The SMILES string of the molecule is CCOC(=O)C[C@@H](C(=O)OCC)[C@@H](NC(=O)c1ccccc1NC(C)=O)C(N)=O. The number of anilines is 1. The van der Waals surface area contributed by atoms with Gasteiger partial charge >= 0.3 is 11.9 Å². The lowest BCUT2D eigenvalue weighted by molar-refractivity contribution is -0.156. The molecule has 0 aliphatic carbocycles. The molecule has 0 saturated heterocycles. The fourth-order valence-corrected chi connectivity index (χ4v) is 2.55. The van der Waals surface area contributed by atoms with Gasteiger partial charge in [-0.15, -0.1) is 0 Å². The summed E-state index contributed by atoms with van der Waals surface area (Å²) in [7, 11) is 0. The van der Waals surface area contributed by atoms with Gasteiger partial charge < -0.3 is 25.8 Å². The Hall–Kier alpha value is -3.43. The zero-order valence-corrected chi connectivity index (χ0v) is 16.5. The Morgan fingerprint density at radius 2 is 1.66 bits per heavy atom. The Kier molecular flexibility index (Phi) is 9.30. The van der Waals surface area contributed by atoms with E-state index in [-0.39, 0.29) is 24.5 Å². The van der Waals surface area contributed by atoms with E-state index in [1.54, 1.807) is 26.0 Å². The van der Waals surface area contributed by atoms with Gasteiger partial charge in [0.05, 0.1) is 36.8 Å². The van der Waals surface area contributed by atoms with Crippen molar-refractivity contribution in [3.63, 3.8) is 0 Å². The van der Waals surface area contributed by atoms with Crippen LogP contribution in [-0.2, 0) is 28.7 Å². The summed E-state index contributed by atoms with van der Waals surface area (Å²) in [5.74, 6) is -5.19. The molecule has 0 radical (unpaired) electrons. The van der Waals surface area contributed by atoms with Gasteiger partial charge in [0.2, 0.25) is 11.8 Å². The molecule has 0 aromatic heterocycles. The highest BCUT2D eigenvalue weighted by Gasteiger charge is 2.37. The fraction of sp³-hybridized carbons (Fsp3) is 0.421. The van der Waals surface area contributed by atoms with E-state index in [2.05, 4.69) is 10.6 Å². The lowest BCUT2D eigenvalue weighted by Crippen LogP contribution is -2.52. The number of amides is 3. The Bertz CT molecular complexity index is 779. The largest absolute Gasteiger partial charge is 0.466 e. The summed E-state index contributed by atoms with van der Waals surface area (Å²) >= 11 is 0. The van der Waals surface area contributed by atoms with Crippen molar-refractivity contribution in [1.82, 2.24) is 5.32 Å². The van der Waals surface area contributed by atoms with Gasteiger partial charge in [0, 0.05) is 6.92 Å². The predicted octanol–water partition coefficient (Wildman–Crippen LogP) is 0.361. The summed E-state index contributed by atoms with van der Waals surface area (Å²) in [4.78, 5) is 60.2. The van der Waals surface area contributed by atoms with Crippen molar-refractivity contribution < 1.29 is 33.4 Å². The maximum atomic E-state index is 12.7. The first kappa shape index (κ1) is 23.6. The number of primary amides is 1. The topological polar surface area (TPSA) is 154 Å². The van der Waals surface area contributed by atoms with Crippen molar-refractivity contribution in [2.75, 3.05) is 18.5 Å². The average molecular weight is 407 g/mol. The van der Waals surface area contributed by atoms with Crippen molar-refractivity contribution in [2.45, 2.75) is 33.2 Å². The van der Waals surface area contributed by atoms with E-state index in [0.29, 0.717) is 0 Å². The van der Waals surface area contributed by atoms with Gasteiger partial charge in [0.1, 0.15) is 6.04 Å². The first-order valence-corrected chi connectivity index (χ1v) is 9.00. The number of nitrogens with two attached hydrogens (primary N) is 1. The van der Waals surface area contributed by atoms with Crippen LogP contribution in [0.15, 0.2) is 24.3 Å². The minimum absolute atomic E-state index is 0.00293. The molecule has 10 nitrogen and oxygen atoms in total. The Labute approximate surface area is 168 Å². The lowest BCUT2D eigenvalue weighted by atomic mass is 9.94. The number of carbonyl (C=O) groups excluding carboxylic acids is 5. The third-order valence-electron chi connectivity index (χ3n) is 3.76. The van der Waals surface area contributed by atoms with Crippen LogP contribution < -0.4 is 16.4 Å². The highest BCUT2D eigenvalue weighted by molar-refractivity contribution is 6.05. The molecule has 1 aromatic rings. The number of rotatable bonds is 10. The second-order valence-corrected chi connectivity index (χ2v) is 5.95. The first-order chi connectivity index (χ1) is 13.7. The summed E-state index contributed by atoms with van der Waals surface area (Å²) in [6, 6.07) is 4.55. The molecule has 1 aromatic carbocycles. The van der Waals surface area contributed by atoms with E-state index in [0.717, 1.165) is 0 Å². The minimum Gasteiger partial charge on any atom is -0.466 e. The van der Waals surface area contributed by atoms with Crippen molar-refractivity contribution in [3.05, 3.63) is 29.8 Å². The van der Waals surface area contributed by atoms with Crippen LogP contribution in [0.25, 0.3) is 0 Å². The van der Waals surface area contributed by atoms with Gasteiger partial charge in [-0.05, 0) is 26.0 Å². The van der Waals surface area contributed by atoms with Crippen LogP contribution in [0.4, 0.5) is 5.69 Å². The molecule has 2 atom stereocenters. The number of hydrogen-bond acceptors (Lipinski definition) is 7. The standard InChI is InChI=1S/C19H25N3O7/c1-4-28-15(24)10-13(19(27)29-5-2)16(17(20)25)22-18(26)12-8-6-7-9-14(12)21-11(3)23/h6-9,13,16H,4-5,10H2,1-3H3,(H2,20,25)(H,21,23)(H,22,26)/t13-,16-/m1/s1. The third kappa shape index (κ3) is 7.24. The second kappa shape index (κ2) is 11.4. The van der Waals surface area contributed by atoms with E-state index in [1.807, 2.05) is 0 Å². The lowest BCUT2D eigenvalue weighted by Gasteiger charge is -2.24. The molecule has 0 spiro atoms. The zero-order valence-electron chi connectivity index (χ0n) is 16.5. The van der Waals surface area contributed by atoms with Gasteiger partial charge in [-0.2, -0.15) is 0 Å². The van der Waals surface area contributed by atoms with E-state index in [9.17, 15) is 24.0 Å². The van der Waals surface area contributed by atoms with E-state index < -0.39 is 48.0 Å². The predicted molar refractivity (Wildman–Crippen MR) is 103 cm³/mol. The van der Waals surface area contributed by atoms with Crippen molar-refractivity contribution >= 4 is 35.3 Å². The van der Waals surface area contributed by atoms with E-state index in [4.69, 9.17) is 15.2 Å². The molecule has 10 heteroatoms. The average Bonchev–Trinajstić information content (AvgIpc) is 2.64. The third-order valence-corrected chi connectivity index (χ3v) is 3.76. The van der Waals surface area contributed by atoms with E-state index in [1.165, 1.54) is 19.1 Å². The fourth-order valence-electron chi connectivity index (χ4n) is 2.55. The smallest absolute Gasteiger partial charge is 0.312 e. The molecule has 0 unspecified atom stereocenters. The van der Waals surface area contributed by atoms with Crippen LogP contribution in [0.5, 0.6) is 0 Å². The highest BCUT2D eigenvalue weighted by Crippen LogP contribution is 2.18. The number of ether oxygens (including phenoxy) is 2. The summed E-state index contributed by atoms with van der Waals surface area (Å²) in [5.41, 5.74) is 5.64. The molecule has 0 aliphatic rings. The minimum atomic E-state index is -1.53. The summed E-state index contributed by atoms with van der Waals surface area (Å²) in [5, 5.41) is 4.86. The monoisotopic (exact) mass is 407 g/mol. The summed E-state index contributed by atoms with van der Waals surface area (Å²) < 4.78 is 9.74. The molecule has 0 aliphatic heterocycles. The van der Waals surface area contributed by atoms with Gasteiger partial charge in [-0.1, -0.05) is 12.1 Å². The van der Waals surface area contributed by atoms with Crippen molar-refractivity contribution in [1.29, 1.82) is 0 Å². The molecule has 158 valence electrons. The Morgan fingerprint density at radius 3 is 2.21 bits per heavy atom. The molecular formula is C19H25N3O7. The van der Waals surface area contributed by atoms with Crippen LogP contribution in [0.3, 0.4) is 0 Å². The van der Waals surface area contributed by atoms with E-state index >= 15 is 0 Å². The molecule has 0 fully saturated rings. The van der Waals surface area contributed by atoms with Crippen molar-refractivity contribution in [2.24, 2.45) is 11.7 Å². The van der Waals surface area contributed by atoms with Crippen LogP contribution in [-0.4, -0.2) is 48.9 Å². The number of nitrogens with one attached hydrogen (secondary N) is 2. The van der Waals surface area contributed by atoms with Crippen LogP contribution >= 0.6 is 0 Å². The number of hydrogen-bond donors (Lipinski definition) is 3. The summed E-state index contributed by atoms with van der Waals surface area (Å²) in [6.45, 7) is 4.50. The van der Waals surface area contributed by atoms with Gasteiger partial charge in [-0.3, -0.25) is 24.0 Å². The second-order valence-electron chi connectivity index (χ2n) is 5.95. The molecule has 0 saturated carbocycles. The molecule has 1 rings (SSSR count). The molecular weight excluding hydrogens is 382 g/mol. The van der Waals surface area contributed by atoms with Gasteiger partial charge in [0.25, 0.3) is 5.91 Å². The molecule has 3 amide bonds. The molecule has 0 heterocycles. The number of para-hydroxylation sites is 1. The maximum absolute atomic E-state index is 12.7. The van der Waals surface area contributed by atoms with Gasteiger partial charge in [0.15, 0.2) is 0 Å². The summed E-state index contributed by atoms with van der Waals surface area (Å²) in [6.07, 6.45) is -0.506. The van der Waals surface area contributed by atoms with Crippen LogP contribution in [0, 0.1) is 5.92 Å².